The van der Waals surface area contributed by atoms with Crippen molar-refractivity contribution in [1.82, 2.24) is 10.2 Å². The maximum Gasteiger partial charge on any atom is 0.264 e. The second-order valence-electron chi connectivity index (χ2n) is 8.88. The van der Waals surface area contributed by atoms with Gasteiger partial charge in [-0.2, -0.15) is 0 Å². The summed E-state index contributed by atoms with van der Waals surface area (Å²) in [5, 5.41) is 2.90. The molecule has 4 rings (SSSR count). The summed E-state index contributed by atoms with van der Waals surface area (Å²) in [6.07, 6.45) is 2.49. The van der Waals surface area contributed by atoms with Crippen LogP contribution in [0.4, 0.5) is 5.69 Å². The van der Waals surface area contributed by atoms with Crippen molar-refractivity contribution in [2.24, 2.45) is 0 Å². The zero-order chi connectivity index (χ0) is 24.8. The average molecular weight is 557 g/mol. The molecule has 0 aliphatic carbocycles. The van der Waals surface area contributed by atoms with Crippen LogP contribution in [0.5, 0.6) is 0 Å². The topological polar surface area (TPSA) is 69.7 Å². The first-order chi connectivity index (χ1) is 16.8. The Balaban J connectivity index is 1.48. The number of benzene rings is 3. The molecular formula is C27H30BrN3O3S. The molecular weight excluding hydrogens is 526 g/mol. The third-order valence-electron chi connectivity index (χ3n) is 6.08. The predicted molar refractivity (Wildman–Crippen MR) is 143 cm³/mol. The lowest BCUT2D eigenvalue weighted by Crippen LogP contribution is -2.40. The Kier molecular flexibility index (Phi) is 8.26. The number of nitrogens with one attached hydrogen (secondary N) is 1. The second-order valence-corrected chi connectivity index (χ2v) is 11.7. The molecule has 1 aliphatic heterocycles. The highest BCUT2D eigenvalue weighted by Gasteiger charge is 2.27. The van der Waals surface area contributed by atoms with Crippen LogP contribution >= 0.6 is 15.9 Å². The Morgan fingerprint density at radius 2 is 1.66 bits per heavy atom. The van der Waals surface area contributed by atoms with Crippen LogP contribution < -0.4 is 9.62 Å². The maximum atomic E-state index is 13.5. The number of amides is 1. The standard InChI is InChI=1S/C27H30BrN3O3S/c1-21-10-12-26(13-11-21)35(33,34)31(25-9-5-8-24(28)17-25)20-27(32)29-18-22-6-4-7-23(16-22)19-30-14-2-3-15-30/h4-13,16-17H,2-3,14-15,18-20H2,1H3,(H,29,32). The Labute approximate surface area is 216 Å². The van der Waals surface area contributed by atoms with E-state index >= 15 is 0 Å². The molecule has 1 saturated heterocycles. The number of halogens is 1. The lowest BCUT2D eigenvalue weighted by molar-refractivity contribution is -0.119. The number of carbonyl (C=O) groups is 1. The van der Waals surface area contributed by atoms with Gasteiger partial charge in [0.05, 0.1) is 10.6 Å². The predicted octanol–water partition coefficient (Wildman–Crippen LogP) is 4.87. The molecule has 0 radical (unpaired) electrons. The highest BCUT2D eigenvalue weighted by molar-refractivity contribution is 9.10. The summed E-state index contributed by atoms with van der Waals surface area (Å²) >= 11 is 3.40. The van der Waals surface area contributed by atoms with Crippen molar-refractivity contribution in [2.45, 2.75) is 37.8 Å². The summed E-state index contributed by atoms with van der Waals surface area (Å²) in [6, 6.07) is 21.8. The van der Waals surface area contributed by atoms with Crippen molar-refractivity contribution >= 4 is 37.5 Å². The van der Waals surface area contributed by atoms with Crippen LogP contribution in [0.3, 0.4) is 0 Å². The van der Waals surface area contributed by atoms with Gasteiger partial charge in [-0.15, -0.1) is 0 Å². The van der Waals surface area contributed by atoms with E-state index in [1.807, 2.05) is 25.1 Å². The van der Waals surface area contributed by atoms with Gasteiger partial charge in [-0.25, -0.2) is 8.42 Å². The SMILES string of the molecule is Cc1ccc(S(=O)(=O)N(CC(=O)NCc2cccc(CN3CCCC3)c2)c2cccc(Br)c2)cc1. The fourth-order valence-corrected chi connectivity index (χ4v) is 6.01. The molecule has 1 heterocycles. The normalized spacial score (nSPS) is 14.1. The number of likely N-dealkylation sites (tertiary alicyclic amines) is 1. The Morgan fingerprint density at radius 1 is 0.971 bits per heavy atom. The first-order valence-corrected chi connectivity index (χ1v) is 14.0. The molecule has 3 aromatic carbocycles. The Hall–Kier alpha value is -2.68. The molecule has 0 unspecified atom stereocenters. The maximum absolute atomic E-state index is 13.5. The monoisotopic (exact) mass is 555 g/mol. The zero-order valence-corrected chi connectivity index (χ0v) is 22.2. The molecule has 0 saturated carbocycles. The average Bonchev–Trinajstić information content (AvgIpc) is 3.35. The third kappa shape index (κ3) is 6.72. The first kappa shape index (κ1) is 25.4. The van der Waals surface area contributed by atoms with Gasteiger partial charge in [0, 0.05) is 17.6 Å². The van der Waals surface area contributed by atoms with Crippen molar-refractivity contribution in [1.29, 1.82) is 0 Å². The van der Waals surface area contributed by atoms with Gasteiger partial charge < -0.3 is 5.32 Å². The number of anilines is 1. The van der Waals surface area contributed by atoms with E-state index in [9.17, 15) is 13.2 Å². The van der Waals surface area contributed by atoms with Crippen LogP contribution in [0.1, 0.15) is 29.5 Å². The minimum atomic E-state index is -3.94. The van der Waals surface area contributed by atoms with Crippen LogP contribution in [-0.4, -0.2) is 38.9 Å². The van der Waals surface area contributed by atoms with Crippen molar-refractivity contribution < 1.29 is 13.2 Å². The number of carbonyl (C=O) groups excluding carboxylic acids is 1. The van der Waals surface area contributed by atoms with E-state index in [4.69, 9.17) is 0 Å². The molecule has 0 bridgehead atoms. The quantitative estimate of drug-likeness (QED) is 0.409. The van der Waals surface area contributed by atoms with Crippen LogP contribution in [-0.2, 0) is 27.9 Å². The number of sulfonamides is 1. The fraction of sp³-hybridized carbons (Fsp3) is 0.296. The van der Waals surface area contributed by atoms with Crippen molar-refractivity contribution in [3.05, 3.63) is 94.0 Å². The van der Waals surface area contributed by atoms with Crippen molar-refractivity contribution in [3.8, 4) is 0 Å². The summed E-state index contributed by atoms with van der Waals surface area (Å²) in [6.45, 7) is 5.08. The molecule has 35 heavy (non-hydrogen) atoms. The van der Waals surface area contributed by atoms with Gasteiger partial charge in [-0.1, -0.05) is 64.0 Å². The van der Waals surface area contributed by atoms with E-state index in [0.29, 0.717) is 12.2 Å². The van der Waals surface area contributed by atoms with Crippen LogP contribution in [0.25, 0.3) is 0 Å². The van der Waals surface area contributed by atoms with Gasteiger partial charge in [0.2, 0.25) is 5.91 Å². The molecule has 0 atom stereocenters. The fourth-order valence-electron chi connectivity index (χ4n) is 4.21. The molecule has 3 aromatic rings. The van der Waals surface area contributed by atoms with E-state index < -0.39 is 10.0 Å². The van der Waals surface area contributed by atoms with Gasteiger partial charge in [0.25, 0.3) is 10.0 Å². The third-order valence-corrected chi connectivity index (χ3v) is 8.36. The summed E-state index contributed by atoms with van der Waals surface area (Å²) < 4.78 is 28.9. The van der Waals surface area contributed by atoms with E-state index in [-0.39, 0.29) is 17.3 Å². The van der Waals surface area contributed by atoms with E-state index in [1.54, 1.807) is 42.5 Å². The zero-order valence-electron chi connectivity index (χ0n) is 19.8. The summed E-state index contributed by atoms with van der Waals surface area (Å²) in [7, 11) is -3.94. The van der Waals surface area contributed by atoms with Gasteiger partial charge in [0.1, 0.15) is 6.54 Å². The van der Waals surface area contributed by atoms with Crippen LogP contribution in [0, 0.1) is 6.92 Å². The van der Waals surface area contributed by atoms with Crippen molar-refractivity contribution in [3.63, 3.8) is 0 Å². The Bertz CT molecular complexity index is 1270. The number of hydrogen-bond donors (Lipinski definition) is 1. The molecule has 1 fully saturated rings. The highest BCUT2D eigenvalue weighted by atomic mass is 79.9. The van der Waals surface area contributed by atoms with Crippen LogP contribution in [0.15, 0.2) is 82.2 Å². The van der Waals surface area contributed by atoms with Gasteiger partial charge in [-0.05, 0) is 74.3 Å². The largest absolute Gasteiger partial charge is 0.350 e. The number of hydrogen-bond acceptors (Lipinski definition) is 4. The lowest BCUT2D eigenvalue weighted by Gasteiger charge is -2.24. The number of nitrogens with zero attached hydrogens (tertiary/aromatic N) is 2. The first-order valence-electron chi connectivity index (χ1n) is 11.7. The molecule has 1 amide bonds. The summed E-state index contributed by atoms with van der Waals surface area (Å²) in [4.78, 5) is 15.5. The van der Waals surface area contributed by atoms with Gasteiger partial charge >= 0.3 is 0 Å². The molecule has 1 N–H and O–H groups in total. The molecule has 184 valence electrons. The number of rotatable bonds is 9. The van der Waals surface area contributed by atoms with Gasteiger partial charge in [-0.3, -0.25) is 14.0 Å². The molecule has 1 aliphatic rings. The summed E-state index contributed by atoms with van der Waals surface area (Å²) in [5.74, 6) is -0.370. The molecule has 8 heteroatoms. The molecule has 6 nitrogen and oxygen atoms in total. The minimum absolute atomic E-state index is 0.144. The highest BCUT2D eigenvalue weighted by Crippen LogP contribution is 2.26. The van der Waals surface area contributed by atoms with E-state index in [2.05, 4.69) is 38.3 Å². The Morgan fingerprint density at radius 3 is 2.37 bits per heavy atom. The van der Waals surface area contributed by atoms with E-state index in [0.717, 1.165) is 39.5 Å². The van der Waals surface area contributed by atoms with Gasteiger partial charge in [0.15, 0.2) is 0 Å². The smallest absolute Gasteiger partial charge is 0.264 e. The molecule has 0 aromatic heterocycles. The van der Waals surface area contributed by atoms with Crippen LogP contribution in [0.2, 0.25) is 0 Å². The minimum Gasteiger partial charge on any atom is -0.350 e. The summed E-state index contributed by atoms with van der Waals surface area (Å²) in [5.41, 5.74) is 3.59. The van der Waals surface area contributed by atoms with E-state index in [1.165, 1.54) is 18.4 Å². The molecule has 0 spiro atoms. The second kappa shape index (κ2) is 11.4. The lowest BCUT2D eigenvalue weighted by atomic mass is 10.1. The van der Waals surface area contributed by atoms with Crippen molar-refractivity contribution in [2.75, 3.05) is 23.9 Å². The number of aryl methyl sites for hydroxylation is 1.